The molecule has 1 aliphatic carbocycles. The van der Waals surface area contributed by atoms with E-state index in [0.717, 1.165) is 0 Å². The van der Waals surface area contributed by atoms with E-state index < -0.39 is 0 Å². The molecule has 75 valence electrons. The maximum atomic E-state index is 7.50. The second kappa shape index (κ2) is 46.5. The quantitative estimate of drug-likeness (QED) is 0.228. The Morgan fingerprint density at radius 1 is 0.733 bits per heavy atom. The summed E-state index contributed by atoms with van der Waals surface area (Å²) in [7, 11) is 0. The van der Waals surface area contributed by atoms with Crippen LogP contribution in [0.15, 0.2) is 0 Å². The van der Waals surface area contributed by atoms with Gasteiger partial charge in [0.15, 0.2) is 0 Å². The minimum absolute atomic E-state index is 0. The summed E-state index contributed by atoms with van der Waals surface area (Å²) in [6, 6.07) is 0. The van der Waals surface area contributed by atoms with Crippen LogP contribution < -0.4 is 29.6 Å². The first-order valence-corrected chi connectivity index (χ1v) is 3.43. The normalized spacial score (nSPS) is 11.6. The van der Waals surface area contributed by atoms with Crippen LogP contribution in [0.2, 0.25) is 0 Å². The van der Waals surface area contributed by atoms with Crippen molar-refractivity contribution in [1.82, 2.24) is 0 Å². The van der Waals surface area contributed by atoms with Gasteiger partial charge in [-0.25, -0.2) is 0 Å². The average molecular weight is 256 g/mol. The smallest absolute Gasteiger partial charge is 0.0527 e. The molecule has 1 fully saturated rings. The van der Waals surface area contributed by atoms with Crippen molar-refractivity contribution in [2.24, 2.45) is 0 Å². The summed E-state index contributed by atoms with van der Waals surface area (Å²) < 4.78 is 22.5. The fourth-order valence-corrected chi connectivity index (χ4v) is 0.703. The predicted molar refractivity (Wildman–Crippen MR) is 42.8 cm³/mol. The number of hydrogen-bond acceptors (Lipinski definition) is 0. The van der Waals surface area contributed by atoms with Crippen molar-refractivity contribution in [2.45, 2.75) is 19.3 Å². The molecule has 0 aromatic carbocycles. The van der Waals surface area contributed by atoms with Crippen molar-refractivity contribution in [3.05, 3.63) is 45.6 Å². The van der Waals surface area contributed by atoms with Gasteiger partial charge in [0.2, 0.25) is 0 Å². The van der Waals surface area contributed by atoms with Gasteiger partial charge in [-0.3, -0.25) is 0 Å². The van der Waals surface area contributed by atoms with Crippen LogP contribution in [0.5, 0.6) is 0 Å². The van der Waals surface area contributed by atoms with Gasteiger partial charge < -0.3 is 0 Å². The van der Waals surface area contributed by atoms with E-state index in [9.17, 15) is 0 Å². The third kappa shape index (κ3) is 39.9. The molecule has 0 heterocycles. The maximum absolute atomic E-state index is 7.50. The largest absolute Gasteiger partial charge is 1.00 e. The molecule has 1 rings (SSSR count). The van der Waals surface area contributed by atoms with Gasteiger partial charge in [0.25, 0.3) is 0 Å². The molecule has 5 radical (unpaired) electrons. The SMILES string of the molecule is [C-]#[O+].[C-]#[O+].[C-]#[O+].[CH]1[CH][CH]CCC[CH]1.[Mn].[Na+]. The molecule has 0 aromatic rings. The van der Waals surface area contributed by atoms with E-state index in [-0.39, 0.29) is 46.6 Å². The Morgan fingerprint density at radius 2 is 1.00 bits per heavy atom. The molecule has 1 saturated carbocycles. The second-order valence-corrected chi connectivity index (χ2v) is 1.79. The van der Waals surface area contributed by atoms with E-state index in [1.165, 1.54) is 19.3 Å². The zero-order valence-electron chi connectivity index (χ0n) is 8.53. The molecule has 15 heavy (non-hydrogen) atoms. The molecule has 5 heteroatoms. The molecule has 0 saturated heterocycles. The summed E-state index contributed by atoms with van der Waals surface area (Å²) in [5, 5.41) is 0. The first-order valence-electron chi connectivity index (χ1n) is 3.43. The van der Waals surface area contributed by atoms with E-state index in [2.05, 4.69) is 45.6 Å². The Labute approximate surface area is 125 Å². The fraction of sp³-hybridized carbons (Fsp3) is 0.300. The Morgan fingerprint density at radius 3 is 1.27 bits per heavy atom. The molecular weight excluding hydrogens is 246 g/mol. The van der Waals surface area contributed by atoms with Gasteiger partial charge in [-0.2, -0.15) is 0 Å². The van der Waals surface area contributed by atoms with Crippen molar-refractivity contribution in [1.29, 1.82) is 0 Å². The molecule has 0 aliphatic heterocycles. The standard InChI is InChI=1S/C7H10.3CO.Mn.Na/c1-2-4-6-7-5-3-1;3*1-2;;/h1-4H,5-7H2;;;;;/q;;;;;+1. The van der Waals surface area contributed by atoms with Crippen LogP contribution in [0.3, 0.4) is 0 Å². The fourth-order valence-electron chi connectivity index (χ4n) is 0.703. The summed E-state index contributed by atoms with van der Waals surface area (Å²) in [5.41, 5.74) is 0. The van der Waals surface area contributed by atoms with Crippen LogP contribution in [0.4, 0.5) is 0 Å². The monoisotopic (exact) mass is 256 g/mol. The van der Waals surface area contributed by atoms with Gasteiger partial charge in [0.05, 0.1) is 0 Å². The Kier molecular flexibility index (Phi) is 91.8. The third-order valence-corrected chi connectivity index (χ3v) is 1.12. The van der Waals surface area contributed by atoms with Crippen LogP contribution in [-0.2, 0) is 31.0 Å². The molecule has 0 atom stereocenters. The van der Waals surface area contributed by atoms with Crippen molar-refractivity contribution in [3.8, 4) is 0 Å². The molecule has 0 aromatic heterocycles. The van der Waals surface area contributed by atoms with E-state index in [1.807, 2.05) is 0 Å². The molecule has 3 nitrogen and oxygen atoms in total. The van der Waals surface area contributed by atoms with Gasteiger partial charge in [0.1, 0.15) is 0 Å². The zero-order chi connectivity index (χ0) is 10.9. The van der Waals surface area contributed by atoms with Gasteiger partial charge in [0, 0.05) is 17.1 Å². The van der Waals surface area contributed by atoms with Crippen LogP contribution in [-0.4, -0.2) is 0 Å². The van der Waals surface area contributed by atoms with Crippen LogP contribution in [0.25, 0.3) is 0 Å². The maximum Gasteiger partial charge on any atom is 1.00 e. The minimum Gasteiger partial charge on any atom is -0.0527 e. The van der Waals surface area contributed by atoms with E-state index in [4.69, 9.17) is 14.0 Å². The van der Waals surface area contributed by atoms with Crippen LogP contribution in [0.1, 0.15) is 19.3 Å². The topological polar surface area (TPSA) is 59.7 Å². The second-order valence-electron chi connectivity index (χ2n) is 1.79. The summed E-state index contributed by atoms with van der Waals surface area (Å²) in [6.45, 7) is 13.5. The molecule has 0 N–H and O–H groups in total. The predicted octanol–water partition coefficient (Wildman–Crippen LogP) is -1.12. The molecular formula is C10H10MnNaO3+. The van der Waals surface area contributed by atoms with Crippen molar-refractivity contribution in [2.75, 3.05) is 0 Å². The van der Waals surface area contributed by atoms with Gasteiger partial charge in [-0.15, -0.1) is 0 Å². The molecule has 1 aliphatic rings. The summed E-state index contributed by atoms with van der Waals surface area (Å²) in [6.07, 6.45) is 12.5. The van der Waals surface area contributed by atoms with Crippen LogP contribution >= 0.6 is 0 Å². The van der Waals surface area contributed by atoms with Gasteiger partial charge in [-0.1, -0.05) is 6.42 Å². The zero-order valence-corrected chi connectivity index (χ0v) is 11.7. The molecule has 0 spiro atoms. The van der Waals surface area contributed by atoms with Crippen molar-refractivity contribution in [3.63, 3.8) is 0 Å². The number of hydrogen-bond donors (Lipinski definition) is 0. The average Bonchev–Trinajstić information content (AvgIpc) is 2.58. The van der Waals surface area contributed by atoms with Gasteiger partial charge in [-0.05, 0) is 38.5 Å². The Bertz CT molecular complexity index is 100. The van der Waals surface area contributed by atoms with E-state index in [0.29, 0.717) is 0 Å². The summed E-state index contributed by atoms with van der Waals surface area (Å²) in [5.74, 6) is 0. The van der Waals surface area contributed by atoms with Crippen molar-refractivity contribution < 1.29 is 60.6 Å². The molecule has 0 bridgehead atoms. The molecule has 0 amide bonds. The molecule has 0 unspecified atom stereocenters. The Balaban J connectivity index is -0.0000000369. The Hall–Kier alpha value is 0.739. The minimum atomic E-state index is 0. The summed E-state index contributed by atoms with van der Waals surface area (Å²) >= 11 is 0. The van der Waals surface area contributed by atoms with Crippen molar-refractivity contribution >= 4 is 0 Å². The number of rotatable bonds is 0. The van der Waals surface area contributed by atoms with Crippen LogP contribution in [0, 0.1) is 45.6 Å². The first kappa shape index (κ1) is 29.6. The third-order valence-electron chi connectivity index (χ3n) is 1.12. The first-order chi connectivity index (χ1) is 6.50. The van der Waals surface area contributed by atoms with E-state index in [1.54, 1.807) is 0 Å². The van der Waals surface area contributed by atoms with Gasteiger partial charge >= 0.3 is 63.5 Å². The van der Waals surface area contributed by atoms with E-state index >= 15 is 0 Å². The summed E-state index contributed by atoms with van der Waals surface area (Å²) in [4.78, 5) is 0.